The zero-order chi connectivity index (χ0) is 25.8. The van der Waals surface area contributed by atoms with Crippen LogP contribution in [0.5, 0.6) is 5.75 Å². The van der Waals surface area contributed by atoms with Crippen molar-refractivity contribution in [3.63, 3.8) is 0 Å². The second kappa shape index (κ2) is 14.1. The van der Waals surface area contributed by atoms with Crippen molar-refractivity contribution in [3.05, 3.63) is 39.7 Å². The maximum absolute atomic E-state index is 13.7. The fraction of sp³-hybridized carbons (Fsp3) is 0.550. The molecule has 1 amide bonds. The lowest BCUT2D eigenvalue weighted by Gasteiger charge is -2.23. The molecule has 0 spiro atoms. The Balaban J connectivity index is 3.02. The van der Waals surface area contributed by atoms with Crippen LogP contribution in [0.15, 0.2) is 23.2 Å². The van der Waals surface area contributed by atoms with E-state index in [-0.39, 0.29) is 49.5 Å². The maximum atomic E-state index is 13.7. The average molecular weight is 483 g/mol. The fourth-order valence-corrected chi connectivity index (χ4v) is 3.29. The van der Waals surface area contributed by atoms with E-state index in [1.54, 1.807) is 5.43 Å². The zero-order valence-corrected chi connectivity index (χ0v) is 19.4. The standard InChI is InChI=1S/C20H31BFN5O7/c1-12(2)9-18(21(30)31)25-19(29)13(5-4-8-24-20(23)26-27(32)33)10-16(28)15-11-14(22)6-7-17(15)34-3/h6-7,11-13,18,30-31H,4-5,8-10H2,1-3H3,(H,25,29)(H3,23,24,26)/t13-,18+/m1/s1. The van der Waals surface area contributed by atoms with Gasteiger partial charge in [-0.15, -0.1) is 0 Å². The normalized spacial score (nSPS) is 13.2. The van der Waals surface area contributed by atoms with Crippen LogP contribution in [0.2, 0.25) is 0 Å². The summed E-state index contributed by atoms with van der Waals surface area (Å²) in [5.41, 5.74) is 7.02. The first-order valence-corrected chi connectivity index (χ1v) is 10.7. The molecule has 1 aromatic rings. The smallest absolute Gasteiger partial charge is 0.475 e. The van der Waals surface area contributed by atoms with Gasteiger partial charge in [0.05, 0.1) is 18.6 Å². The van der Waals surface area contributed by atoms with E-state index < -0.39 is 47.5 Å². The van der Waals surface area contributed by atoms with Crippen LogP contribution < -0.4 is 21.2 Å². The summed E-state index contributed by atoms with van der Waals surface area (Å²) in [6.45, 7) is 3.73. The quantitative estimate of drug-likeness (QED) is 0.0476. The number of hydrazine groups is 1. The number of ether oxygens (including phenoxy) is 1. The topological polar surface area (TPSA) is 189 Å². The SMILES string of the molecule is COc1ccc(F)cc1C(=O)C[C@@H](CCCN=C(N)N[N+](=O)[O-])C(=O)N[C@@H](CC(C)C)B(O)O. The van der Waals surface area contributed by atoms with Crippen molar-refractivity contribution in [2.24, 2.45) is 22.6 Å². The molecule has 0 saturated carbocycles. The van der Waals surface area contributed by atoms with Gasteiger partial charge in [0.15, 0.2) is 10.8 Å². The summed E-state index contributed by atoms with van der Waals surface area (Å²) in [5.74, 6) is -3.86. The Kier molecular flexibility index (Phi) is 11.9. The highest BCUT2D eigenvalue weighted by Gasteiger charge is 2.30. The number of carbonyl (C=O) groups excluding carboxylic acids is 2. The fourth-order valence-electron chi connectivity index (χ4n) is 3.29. The number of amides is 1. The van der Waals surface area contributed by atoms with Crippen LogP contribution in [-0.4, -0.2) is 59.4 Å². The molecule has 0 bridgehead atoms. The second-order valence-corrected chi connectivity index (χ2v) is 8.11. The first-order chi connectivity index (χ1) is 15.9. The Labute approximate surface area is 197 Å². The zero-order valence-electron chi connectivity index (χ0n) is 19.4. The number of nitrogens with one attached hydrogen (secondary N) is 2. The summed E-state index contributed by atoms with van der Waals surface area (Å²) in [7, 11) is -0.474. The number of nitrogens with zero attached hydrogens (tertiary/aromatic N) is 2. The maximum Gasteiger partial charge on any atom is 0.475 e. The van der Waals surface area contributed by atoms with Crippen LogP contribution in [0.3, 0.4) is 0 Å². The number of carbonyl (C=O) groups is 2. The Morgan fingerprint density at radius 2 is 2.03 bits per heavy atom. The van der Waals surface area contributed by atoms with Crippen molar-refractivity contribution in [2.45, 2.75) is 45.5 Å². The largest absolute Gasteiger partial charge is 0.496 e. The molecule has 0 saturated heterocycles. The van der Waals surface area contributed by atoms with Crippen LogP contribution in [0, 0.1) is 27.8 Å². The number of aliphatic imine (C=N–C) groups is 1. The van der Waals surface area contributed by atoms with Gasteiger partial charge in [-0.05, 0) is 43.4 Å². The second-order valence-electron chi connectivity index (χ2n) is 8.11. The van der Waals surface area contributed by atoms with Crippen molar-refractivity contribution in [1.29, 1.82) is 0 Å². The number of methoxy groups -OCH3 is 1. The number of benzene rings is 1. The first kappa shape index (κ1) is 28.8. The summed E-state index contributed by atoms with van der Waals surface area (Å²) in [6, 6.07) is 3.46. The molecular formula is C20H31BFN5O7. The molecule has 0 aliphatic carbocycles. The molecular weight excluding hydrogens is 452 g/mol. The van der Waals surface area contributed by atoms with Crippen LogP contribution in [0.25, 0.3) is 0 Å². The third-order valence-electron chi connectivity index (χ3n) is 4.88. The number of guanidine groups is 1. The molecule has 1 rings (SSSR count). The summed E-state index contributed by atoms with van der Waals surface area (Å²) < 4.78 is 18.8. The van der Waals surface area contributed by atoms with Crippen molar-refractivity contribution in [2.75, 3.05) is 13.7 Å². The molecule has 0 aliphatic rings. The number of nitro groups is 1. The molecule has 0 fully saturated rings. The third kappa shape index (κ3) is 10.1. The molecule has 0 aromatic heterocycles. The molecule has 2 atom stereocenters. The first-order valence-electron chi connectivity index (χ1n) is 10.7. The molecule has 188 valence electrons. The van der Waals surface area contributed by atoms with E-state index in [0.29, 0.717) is 0 Å². The highest BCUT2D eigenvalue weighted by Crippen LogP contribution is 2.24. The number of Topliss-reactive ketones (excluding diaryl/α,β-unsaturated/α-hetero) is 1. The number of hydrogen-bond donors (Lipinski definition) is 5. The number of nitrogens with two attached hydrogens (primary N) is 1. The number of rotatable bonds is 14. The van der Waals surface area contributed by atoms with E-state index in [2.05, 4.69) is 10.3 Å². The number of ketones is 1. The molecule has 0 unspecified atom stereocenters. The molecule has 0 radical (unpaired) electrons. The number of halogens is 1. The van der Waals surface area contributed by atoms with Gasteiger partial charge in [-0.25, -0.2) is 19.5 Å². The van der Waals surface area contributed by atoms with Crippen LogP contribution >= 0.6 is 0 Å². The van der Waals surface area contributed by atoms with Crippen LogP contribution in [-0.2, 0) is 4.79 Å². The highest BCUT2D eigenvalue weighted by molar-refractivity contribution is 6.43. The van der Waals surface area contributed by atoms with E-state index in [0.717, 1.165) is 12.1 Å². The van der Waals surface area contributed by atoms with Gasteiger partial charge in [-0.1, -0.05) is 19.3 Å². The lowest BCUT2D eigenvalue weighted by Crippen LogP contribution is -2.49. The third-order valence-corrected chi connectivity index (χ3v) is 4.88. The van der Waals surface area contributed by atoms with Crippen LogP contribution in [0.1, 0.15) is 49.9 Å². The Bertz CT molecular complexity index is 885. The van der Waals surface area contributed by atoms with E-state index >= 15 is 0 Å². The van der Waals surface area contributed by atoms with E-state index in [1.807, 2.05) is 13.8 Å². The van der Waals surface area contributed by atoms with Gasteiger partial charge in [0.1, 0.15) is 11.6 Å². The van der Waals surface area contributed by atoms with E-state index in [9.17, 15) is 34.1 Å². The average Bonchev–Trinajstić information content (AvgIpc) is 2.74. The van der Waals surface area contributed by atoms with Gasteiger partial charge in [-0.3, -0.25) is 9.59 Å². The summed E-state index contributed by atoms with van der Waals surface area (Å²) >= 11 is 0. The lowest BCUT2D eigenvalue weighted by molar-refractivity contribution is -0.525. The minimum absolute atomic E-state index is 0.0290. The Morgan fingerprint density at radius 3 is 2.59 bits per heavy atom. The predicted octanol–water partition coefficient (Wildman–Crippen LogP) is 0.442. The van der Waals surface area contributed by atoms with Gasteiger partial charge in [0.2, 0.25) is 5.91 Å². The van der Waals surface area contributed by atoms with Gasteiger partial charge in [-0.2, -0.15) is 0 Å². The van der Waals surface area contributed by atoms with E-state index in [1.165, 1.54) is 13.2 Å². The van der Waals surface area contributed by atoms with Gasteiger partial charge < -0.3 is 25.8 Å². The van der Waals surface area contributed by atoms with Crippen LogP contribution in [0.4, 0.5) is 4.39 Å². The highest BCUT2D eigenvalue weighted by atomic mass is 19.1. The van der Waals surface area contributed by atoms with Crippen molar-refractivity contribution in [3.8, 4) is 5.75 Å². The molecule has 34 heavy (non-hydrogen) atoms. The molecule has 1 aromatic carbocycles. The molecule has 14 heteroatoms. The lowest BCUT2D eigenvalue weighted by atomic mass is 9.74. The molecule has 12 nitrogen and oxygen atoms in total. The van der Waals surface area contributed by atoms with Crippen molar-refractivity contribution in [1.82, 2.24) is 10.7 Å². The summed E-state index contributed by atoms with van der Waals surface area (Å²) in [5, 5.41) is 31.3. The van der Waals surface area contributed by atoms with Gasteiger partial charge >= 0.3 is 7.12 Å². The van der Waals surface area contributed by atoms with Crippen molar-refractivity contribution >= 4 is 24.8 Å². The minimum atomic E-state index is -1.80. The molecule has 0 heterocycles. The summed E-state index contributed by atoms with van der Waals surface area (Å²) in [4.78, 5) is 40.0. The van der Waals surface area contributed by atoms with Gasteiger partial charge in [0.25, 0.3) is 5.96 Å². The molecule has 0 aliphatic heterocycles. The molecule has 6 N–H and O–H groups in total. The summed E-state index contributed by atoms with van der Waals surface area (Å²) in [6.07, 6.45) is 0.339. The minimum Gasteiger partial charge on any atom is -0.496 e. The Morgan fingerprint density at radius 1 is 1.35 bits per heavy atom. The Hall–Kier alpha value is -3.26. The van der Waals surface area contributed by atoms with Gasteiger partial charge in [0, 0.05) is 18.9 Å². The predicted molar refractivity (Wildman–Crippen MR) is 123 cm³/mol. The van der Waals surface area contributed by atoms with E-state index in [4.69, 9.17) is 10.5 Å². The monoisotopic (exact) mass is 483 g/mol. The van der Waals surface area contributed by atoms with Crippen molar-refractivity contribution < 1.29 is 33.8 Å². The number of hydrogen-bond acceptors (Lipinski definition) is 8.